The molecule has 1 fully saturated rings. The average Bonchev–Trinajstić information content (AvgIpc) is 2.85. The molecule has 0 unspecified atom stereocenters. The molecule has 0 bridgehead atoms. The third-order valence-electron chi connectivity index (χ3n) is 5.47. The summed E-state index contributed by atoms with van der Waals surface area (Å²) in [5.74, 6) is 0.658. The summed E-state index contributed by atoms with van der Waals surface area (Å²) in [6.07, 6.45) is 4.94. The molecular weight excluding hydrogens is 418 g/mol. The van der Waals surface area contributed by atoms with Crippen LogP contribution >= 0.6 is 0 Å². The zero-order chi connectivity index (χ0) is 23.0. The Bertz CT molecular complexity index is 1120. The first-order valence-electron chi connectivity index (χ1n) is 10.8. The van der Waals surface area contributed by atoms with Crippen molar-refractivity contribution in [2.75, 3.05) is 36.4 Å². The van der Waals surface area contributed by atoms with Crippen LogP contribution in [0.3, 0.4) is 0 Å². The van der Waals surface area contributed by atoms with Crippen molar-refractivity contribution < 1.29 is 9.72 Å². The Labute approximate surface area is 192 Å². The first-order valence-corrected chi connectivity index (χ1v) is 10.8. The molecule has 0 aliphatic carbocycles. The van der Waals surface area contributed by atoms with Gasteiger partial charge in [0.2, 0.25) is 5.91 Å². The molecule has 1 aliphatic heterocycles. The van der Waals surface area contributed by atoms with Crippen LogP contribution in [0, 0.1) is 10.1 Å². The molecule has 168 valence electrons. The number of anilines is 2. The maximum absolute atomic E-state index is 12.1. The Morgan fingerprint density at radius 1 is 1.03 bits per heavy atom. The van der Waals surface area contributed by atoms with Gasteiger partial charge in [0.15, 0.2) is 0 Å². The van der Waals surface area contributed by atoms with E-state index in [1.165, 1.54) is 12.1 Å². The average molecular weight is 444 g/mol. The van der Waals surface area contributed by atoms with Gasteiger partial charge in [0.25, 0.3) is 5.69 Å². The van der Waals surface area contributed by atoms with Crippen LogP contribution in [-0.4, -0.2) is 46.9 Å². The highest BCUT2D eigenvalue weighted by atomic mass is 16.6. The number of pyridine rings is 1. The van der Waals surface area contributed by atoms with E-state index in [4.69, 9.17) is 0 Å². The van der Waals surface area contributed by atoms with E-state index in [0.717, 1.165) is 43.1 Å². The highest BCUT2D eigenvalue weighted by molar-refractivity contribution is 6.01. The number of hydrogen-bond donors (Lipinski definition) is 1. The van der Waals surface area contributed by atoms with E-state index in [-0.39, 0.29) is 16.5 Å². The number of nitro groups is 1. The fourth-order valence-electron chi connectivity index (χ4n) is 3.73. The number of carbonyl (C=O) groups excluding carboxylic acids is 1. The molecule has 1 amide bonds. The topological polar surface area (TPSA) is 91.6 Å². The maximum atomic E-state index is 12.1. The number of nitrogens with zero attached hydrogens (tertiary/aromatic N) is 4. The highest BCUT2D eigenvalue weighted by Gasteiger charge is 2.19. The molecule has 0 saturated carbocycles. The van der Waals surface area contributed by atoms with E-state index in [1.54, 1.807) is 24.4 Å². The Morgan fingerprint density at radius 3 is 2.52 bits per heavy atom. The molecule has 2 aromatic carbocycles. The van der Waals surface area contributed by atoms with Crippen LogP contribution in [0.5, 0.6) is 0 Å². The number of non-ortho nitro benzene ring substituents is 1. The fourth-order valence-corrected chi connectivity index (χ4v) is 3.73. The number of piperazine rings is 1. The van der Waals surface area contributed by atoms with Crippen molar-refractivity contribution in [3.63, 3.8) is 0 Å². The predicted molar refractivity (Wildman–Crippen MR) is 129 cm³/mol. The number of aromatic nitrogens is 1. The molecule has 0 radical (unpaired) electrons. The number of carbonyl (C=O) groups is 1. The zero-order valence-corrected chi connectivity index (χ0v) is 18.1. The highest BCUT2D eigenvalue weighted by Crippen LogP contribution is 2.19. The van der Waals surface area contributed by atoms with Gasteiger partial charge in [0.1, 0.15) is 5.82 Å². The summed E-state index contributed by atoms with van der Waals surface area (Å²) >= 11 is 0. The van der Waals surface area contributed by atoms with Crippen LogP contribution in [0.4, 0.5) is 17.2 Å². The van der Waals surface area contributed by atoms with Crippen molar-refractivity contribution in [1.29, 1.82) is 0 Å². The van der Waals surface area contributed by atoms with Gasteiger partial charge < -0.3 is 10.2 Å². The number of hydrogen-bond acceptors (Lipinski definition) is 6. The lowest BCUT2D eigenvalue weighted by Gasteiger charge is -2.35. The first-order chi connectivity index (χ1) is 16.1. The molecular formula is C25H25N5O3. The molecule has 4 rings (SSSR count). The second-order valence-electron chi connectivity index (χ2n) is 7.83. The van der Waals surface area contributed by atoms with Gasteiger partial charge in [0.05, 0.1) is 16.8 Å². The lowest BCUT2D eigenvalue weighted by Crippen LogP contribution is -2.46. The van der Waals surface area contributed by atoms with Crippen LogP contribution < -0.4 is 10.2 Å². The van der Waals surface area contributed by atoms with Crippen LogP contribution in [0.15, 0.2) is 79.0 Å². The third kappa shape index (κ3) is 6.24. The number of amides is 1. The summed E-state index contributed by atoms with van der Waals surface area (Å²) in [6.45, 7) is 3.99. The van der Waals surface area contributed by atoms with Crippen molar-refractivity contribution in [2.45, 2.75) is 6.54 Å². The van der Waals surface area contributed by atoms with Gasteiger partial charge in [-0.15, -0.1) is 0 Å². The van der Waals surface area contributed by atoms with Crippen molar-refractivity contribution in [3.8, 4) is 0 Å². The molecule has 0 spiro atoms. The summed E-state index contributed by atoms with van der Waals surface area (Å²) in [5.41, 5.74) is 2.67. The van der Waals surface area contributed by atoms with Gasteiger partial charge in [0, 0.05) is 50.9 Å². The second-order valence-corrected chi connectivity index (χ2v) is 7.83. The van der Waals surface area contributed by atoms with E-state index in [1.807, 2.05) is 48.5 Å². The summed E-state index contributed by atoms with van der Waals surface area (Å²) < 4.78 is 0. The van der Waals surface area contributed by atoms with Crippen molar-refractivity contribution in [3.05, 3.63) is 100 Å². The Hall–Kier alpha value is -4.04. The van der Waals surface area contributed by atoms with Crippen LogP contribution in [0.2, 0.25) is 0 Å². The molecule has 1 saturated heterocycles. The number of benzene rings is 2. The first kappa shape index (κ1) is 22.2. The van der Waals surface area contributed by atoms with E-state index < -0.39 is 0 Å². The van der Waals surface area contributed by atoms with Gasteiger partial charge in [-0.3, -0.25) is 19.8 Å². The van der Waals surface area contributed by atoms with E-state index in [2.05, 4.69) is 20.1 Å². The Kier molecular flexibility index (Phi) is 7.06. The summed E-state index contributed by atoms with van der Waals surface area (Å²) in [7, 11) is 0. The molecule has 1 N–H and O–H groups in total. The minimum atomic E-state index is -0.362. The SMILES string of the molecule is O=C(/C=C/c1ccccc1)Nc1ccc(N2CCN(Cc3cccc([N+](=O)[O-])c3)CC2)nc1. The van der Waals surface area contributed by atoms with Crippen LogP contribution in [0.1, 0.15) is 11.1 Å². The molecule has 33 heavy (non-hydrogen) atoms. The lowest BCUT2D eigenvalue weighted by atomic mass is 10.1. The standard InChI is InChI=1S/C25H25N5O3/c31-25(12-9-20-5-2-1-3-6-20)27-22-10-11-24(26-18-22)29-15-13-28(14-16-29)19-21-7-4-8-23(17-21)30(32)33/h1-12,17-18H,13-16,19H2,(H,27,31)/b12-9+. The van der Waals surface area contributed by atoms with Gasteiger partial charge in [-0.1, -0.05) is 42.5 Å². The summed E-state index contributed by atoms with van der Waals surface area (Å²) in [4.78, 5) is 31.7. The Balaban J connectivity index is 1.27. The van der Waals surface area contributed by atoms with Crippen molar-refractivity contribution in [2.24, 2.45) is 0 Å². The second kappa shape index (κ2) is 10.5. The Morgan fingerprint density at radius 2 is 1.82 bits per heavy atom. The predicted octanol–water partition coefficient (Wildman–Crippen LogP) is 3.96. The maximum Gasteiger partial charge on any atom is 0.269 e. The monoisotopic (exact) mass is 443 g/mol. The zero-order valence-electron chi connectivity index (χ0n) is 18.1. The van der Waals surface area contributed by atoms with Crippen molar-refractivity contribution >= 4 is 29.2 Å². The number of nitrogens with one attached hydrogen (secondary N) is 1. The molecule has 8 heteroatoms. The van der Waals surface area contributed by atoms with Gasteiger partial charge in [-0.25, -0.2) is 4.98 Å². The number of nitro benzene ring substituents is 1. The summed E-state index contributed by atoms with van der Waals surface area (Å²) in [6, 6.07) is 20.2. The van der Waals surface area contributed by atoms with Crippen molar-refractivity contribution in [1.82, 2.24) is 9.88 Å². The smallest absolute Gasteiger partial charge is 0.269 e. The quantitative estimate of drug-likeness (QED) is 0.338. The molecule has 8 nitrogen and oxygen atoms in total. The van der Waals surface area contributed by atoms with Gasteiger partial charge in [-0.2, -0.15) is 0 Å². The molecule has 1 aromatic heterocycles. The third-order valence-corrected chi connectivity index (χ3v) is 5.47. The fraction of sp³-hybridized carbons (Fsp3) is 0.200. The summed E-state index contributed by atoms with van der Waals surface area (Å²) in [5, 5.41) is 13.8. The van der Waals surface area contributed by atoms with Crippen LogP contribution in [-0.2, 0) is 11.3 Å². The van der Waals surface area contributed by atoms with E-state index >= 15 is 0 Å². The van der Waals surface area contributed by atoms with Crippen LogP contribution in [0.25, 0.3) is 6.08 Å². The lowest BCUT2D eigenvalue weighted by molar-refractivity contribution is -0.384. The van der Waals surface area contributed by atoms with Gasteiger partial charge >= 0.3 is 0 Å². The number of rotatable bonds is 7. The molecule has 3 aromatic rings. The molecule has 0 atom stereocenters. The van der Waals surface area contributed by atoms with E-state index in [0.29, 0.717) is 12.2 Å². The minimum Gasteiger partial charge on any atom is -0.354 e. The van der Waals surface area contributed by atoms with E-state index in [9.17, 15) is 14.9 Å². The minimum absolute atomic E-state index is 0.123. The molecule has 1 aliphatic rings. The largest absolute Gasteiger partial charge is 0.354 e. The normalized spacial score (nSPS) is 14.4. The van der Waals surface area contributed by atoms with Gasteiger partial charge in [-0.05, 0) is 29.3 Å². The molecule has 2 heterocycles.